The Bertz CT molecular complexity index is 841. The smallest absolute Gasteiger partial charge is 0.288 e. The molecule has 1 aliphatic heterocycles. The first-order chi connectivity index (χ1) is 11.3. The van der Waals surface area contributed by atoms with E-state index >= 15 is 0 Å². The second kappa shape index (κ2) is 5.98. The van der Waals surface area contributed by atoms with Crippen molar-refractivity contribution in [3.63, 3.8) is 0 Å². The minimum absolute atomic E-state index is 0.00193. The monoisotopic (exact) mass is 380 g/mol. The number of carbonyl (C=O) groups excluding carboxylic acids is 1. The zero-order chi connectivity index (χ0) is 17.6. The number of aliphatic hydroxyl groups is 1. The summed E-state index contributed by atoms with van der Waals surface area (Å²) < 4.78 is 52.6. The zero-order valence-corrected chi connectivity index (χ0v) is 13.3. The van der Waals surface area contributed by atoms with E-state index in [0.29, 0.717) is 10.1 Å². The molecule has 1 aliphatic rings. The van der Waals surface area contributed by atoms with Crippen LogP contribution in [0.4, 0.5) is 17.6 Å². The summed E-state index contributed by atoms with van der Waals surface area (Å²) >= 11 is 7.00. The predicted octanol–water partition coefficient (Wildman–Crippen LogP) is 3.98. The van der Waals surface area contributed by atoms with Crippen LogP contribution in [0.2, 0.25) is 5.02 Å². The second-order valence-electron chi connectivity index (χ2n) is 5.11. The van der Waals surface area contributed by atoms with Gasteiger partial charge in [0.1, 0.15) is 10.6 Å². The van der Waals surface area contributed by atoms with Crippen LogP contribution in [0.5, 0.6) is 0 Å². The van der Waals surface area contributed by atoms with Gasteiger partial charge < -0.3 is 5.11 Å². The van der Waals surface area contributed by atoms with E-state index in [-0.39, 0.29) is 14.9 Å². The minimum atomic E-state index is -3.48. The van der Waals surface area contributed by atoms with Crippen LogP contribution in [0, 0.1) is 0 Å². The van der Waals surface area contributed by atoms with Gasteiger partial charge in [-0.2, -0.15) is 10.1 Å². The number of alkyl halides is 4. The SMILES string of the molecule is O=C(c1sc2ccccc2c1Cl)N1N=C(C(F)F)C[C@@]1(O)C(F)F. The normalized spacial score (nSPS) is 21.2. The third-order valence-corrected chi connectivity index (χ3v) is 5.22. The fraction of sp³-hybridized carbons (Fsp3) is 0.286. The average Bonchev–Trinajstić information content (AvgIpc) is 3.07. The molecule has 3 rings (SSSR count). The summed E-state index contributed by atoms with van der Waals surface area (Å²) in [5.41, 5.74) is -4.11. The average molecular weight is 381 g/mol. The van der Waals surface area contributed by atoms with Gasteiger partial charge in [0.15, 0.2) is 0 Å². The summed E-state index contributed by atoms with van der Waals surface area (Å²) in [4.78, 5) is 12.4. The van der Waals surface area contributed by atoms with Crippen LogP contribution < -0.4 is 0 Å². The highest BCUT2D eigenvalue weighted by molar-refractivity contribution is 7.21. The number of nitrogens with zero attached hydrogens (tertiary/aromatic N) is 2. The maximum absolute atomic E-state index is 13.2. The van der Waals surface area contributed by atoms with Crippen molar-refractivity contribution in [3.8, 4) is 0 Å². The Kier molecular flexibility index (Phi) is 4.27. The Morgan fingerprint density at radius 2 is 2.00 bits per heavy atom. The molecule has 4 nitrogen and oxygen atoms in total. The summed E-state index contributed by atoms with van der Waals surface area (Å²) in [6, 6.07) is 6.66. The van der Waals surface area contributed by atoms with E-state index in [1.807, 2.05) is 0 Å². The summed E-state index contributed by atoms with van der Waals surface area (Å²) in [5.74, 6) is -1.15. The first-order valence-corrected chi connectivity index (χ1v) is 7.82. The van der Waals surface area contributed by atoms with Gasteiger partial charge in [-0.1, -0.05) is 29.8 Å². The Hall–Kier alpha value is -1.71. The number of hydrazone groups is 1. The number of hydrogen-bond acceptors (Lipinski definition) is 4. The Labute approximate surface area is 141 Å². The predicted molar refractivity (Wildman–Crippen MR) is 82.0 cm³/mol. The summed E-state index contributed by atoms with van der Waals surface area (Å²) in [5, 5.41) is 13.8. The molecule has 1 aromatic heterocycles. The van der Waals surface area contributed by atoms with E-state index < -0.39 is 36.6 Å². The molecule has 10 heteroatoms. The number of fused-ring (bicyclic) bond motifs is 1. The van der Waals surface area contributed by atoms with Gasteiger partial charge in [-0.05, 0) is 6.07 Å². The van der Waals surface area contributed by atoms with Crippen molar-refractivity contribution >= 4 is 44.6 Å². The van der Waals surface area contributed by atoms with E-state index in [4.69, 9.17) is 11.6 Å². The molecule has 0 aliphatic carbocycles. The summed E-state index contributed by atoms with van der Waals surface area (Å²) in [6.45, 7) is 0. The van der Waals surface area contributed by atoms with E-state index in [1.165, 1.54) is 0 Å². The molecule has 1 aromatic carbocycles. The Morgan fingerprint density at radius 3 is 2.58 bits per heavy atom. The van der Waals surface area contributed by atoms with Gasteiger partial charge >= 0.3 is 0 Å². The van der Waals surface area contributed by atoms with Crippen molar-refractivity contribution in [2.75, 3.05) is 0 Å². The molecule has 2 heterocycles. The molecule has 0 spiro atoms. The van der Waals surface area contributed by atoms with Gasteiger partial charge in [-0.15, -0.1) is 11.3 Å². The number of halogens is 5. The van der Waals surface area contributed by atoms with E-state index in [2.05, 4.69) is 5.10 Å². The molecule has 0 saturated carbocycles. The molecule has 0 radical (unpaired) electrons. The van der Waals surface area contributed by atoms with Crippen molar-refractivity contribution in [1.82, 2.24) is 5.01 Å². The van der Waals surface area contributed by atoms with Crippen LogP contribution in [0.3, 0.4) is 0 Å². The van der Waals surface area contributed by atoms with Crippen molar-refractivity contribution in [1.29, 1.82) is 0 Å². The lowest BCUT2D eigenvalue weighted by atomic mass is 10.1. The second-order valence-corrected chi connectivity index (χ2v) is 6.54. The first kappa shape index (κ1) is 17.1. The van der Waals surface area contributed by atoms with Crippen LogP contribution in [0.15, 0.2) is 29.4 Å². The van der Waals surface area contributed by atoms with Gasteiger partial charge in [-0.25, -0.2) is 17.6 Å². The summed E-state index contributed by atoms with van der Waals surface area (Å²) in [6.07, 6.45) is -7.77. The highest BCUT2D eigenvalue weighted by Crippen LogP contribution is 2.40. The van der Waals surface area contributed by atoms with Crippen LogP contribution in [-0.2, 0) is 0 Å². The molecule has 1 atom stereocenters. The lowest BCUT2D eigenvalue weighted by Crippen LogP contribution is -2.51. The minimum Gasteiger partial charge on any atom is -0.364 e. The van der Waals surface area contributed by atoms with Crippen molar-refractivity contribution < 1.29 is 27.5 Å². The highest BCUT2D eigenvalue weighted by atomic mass is 35.5. The third-order valence-electron chi connectivity index (χ3n) is 3.56. The third kappa shape index (κ3) is 2.56. The van der Waals surface area contributed by atoms with Gasteiger partial charge in [0, 0.05) is 16.5 Å². The molecule has 24 heavy (non-hydrogen) atoms. The molecule has 2 aromatic rings. The van der Waals surface area contributed by atoms with Crippen molar-refractivity contribution in [2.45, 2.75) is 25.0 Å². The van der Waals surface area contributed by atoms with Crippen LogP contribution >= 0.6 is 22.9 Å². The topological polar surface area (TPSA) is 52.9 Å². The number of rotatable bonds is 3. The van der Waals surface area contributed by atoms with Crippen LogP contribution in [0.1, 0.15) is 16.1 Å². The van der Waals surface area contributed by atoms with Crippen LogP contribution in [0.25, 0.3) is 10.1 Å². The zero-order valence-electron chi connectivity index (χ0n) is 11.7. The maximum atomic E-state index is 13.2. The van der Waals surface area contributed by atoms with E-state index in [9.17, 15) is 27.5 Å². The largest absolute Gasteiger partial charge is 0.364 e. The molecule has 1 amide bonds. The Balaban J connectivity index is 2.07. The van der Waals surface area contributed by atoms with E-state index in [1.54, 1.807) is 24.3 Å². The number of amides is 1. The van der Waals surface area contributed by atoms with Gasteiger partial charge in [0.05, 0.1) is 5.02 Å². The fourth-order valence-electron chi connectivity index (χ4n) is 2.35. The van der Waals surface area contributed by atoms with Crippen molar-refractivity contribution in [3.05, 3.63) is 34.2 Å². The molecule has 0 unspecified atom stereocenters. The molecular weight excluding hydrogens is 372 g/mol. The highest BCUT2D eigenvalue weighted by Gasteiger charge is 2.53. The fourth-order valence-corrected chi connectivity index (χ4v) is 3.79. The standard InChI is InChI=1S/C14H9ClF4N2O2S/c15-9-6-3-1-2-4-8(6)24-10(9)12(22)21-14(23,13(18)19)5-7(20-21)11(16)17/h1-4,11,13,23H,5H2/t14-/m1/s1. The first-order valence-electron chi connectivity index (χ1n) is 6.63. The quantitative estimate of drug-likeness (QED) is 0.819. The number of carbonyl (C=O) groups is 1. The number of benzene rings is 1. The van der Waals surface area contributed by atoms with Crippen LogP contribution in [-0.4, -0.2) is 40.3 Å². The lowest BCUT2D eigenvalue weighted by Gasteiger charge is -2.29. The molecule has 0 bridgehead atoms. The van der Waals surface area contributed by atoms with Gasteiger partial charge in [0.2, 0.25) is 5.72 Å². The Morgan fingerprint density at radius 1 is 1.33 bits per heavy atom. The van der Waals surface area contributed by atoms with Gasteiger partial charge in [0.25, 0.3) is 18.8 Å². The van der Waals surface area contributed by atoms with Gasteiger partial charge in [-0.3, -0.25) is 4.79 Å². The number of hydrogen-bond donors (Lipinski definition) is 1. The molecular formula is C14H9ClF4N2O2S. The molecule has 0 fully saturated rings. The lowest BCUT2D eigenvalue weighted by molar-refractivity contribution is -0.164. The molecule has 128 valence electrons. The van der Waals surface area contributed by atoms with E-state index in [0.717, 1.165) is 11.3 Å². The van der Waals surface area contributed by atoms with Crippen molar-refractivity contribution in [2.24, 2.45) is 5.10 Å². The molecule has 0 saturated heterocycles. The maximum Gasteiger partial charge on any atom is 0.288 e. The molecule has 1 N–H and O–H groups in total. The number of thiophene rings is 1. The summed E-state index contributed by atoms with van der Waals surface area (Å²) in [7, 11) is 0.